The van der Waals surface area contributed by atoms with Gasteiger partial charge in [0.2, 0.25) is 0 Å². The fraction of sp³-hybridized carbons (Fsp3) is 0.333. The number of ether oxygens (including phenoxy) is 1. The summed E-state index contributed by atoms with van der Waals surface area (Å²) in [4.78, 5) is 12.2. The largest absolute Gasteiger partial charge is 0.494 e. The SMILES string of the molecule is C/C(=N/NC(=O)Cn1nnc2ccccc21)c1ccc(OCCC(C)C)cc1. The molecule has 0 saturated heterocycles. The molecule has 7 nitrogen and oxygen atoms in total. The first-order chi connectivity index (χ1) is 13.5. The molecule has 1 amide bonds. The van der Waals surface area contributed by atoms with Gasteiger partial charge in [-0.2, -0.15) is 5.10 Å². The van der Waals surface area contributed by atoms with Crippen LogP contribution in [0.15, 0.2) is 53.6 Å². The van der Waals surface area contributed by atoms with E-state index in [1.54, 1.807) is 4.68 Å². The van der Waals surface area contributed by atoms with Crippen molar-refractivity contribution in [3.63, 3.8) is 0 Å². The van der Waals surface area contributed by atoms with E-state index in [0.717, 1.165) is 28.8 Å². The minimum atomic E-state index is -0.261. The minimum Gasteiger partial charge on any atom is -0.494 e. The number of amides is 1. The Morgan fingerprint density at radius 3 is 2.68 bits per heavy atom. The van der Waals surface area contributed by atoms with Crippen LogP contribution in [0, 0.1) is 5.92 Å². The Kier molecular flexibility index (Phi) is 6.37. The van der Waals surface area contributed by atoms with Gasteiger partial charge < -0.3 is 4.74 Å². The maximum absolute atomic E-state index is 12.2. The normalized spacial score (nSPS) is 11.8. The zero-order chi connectivity index (χ0) is 19.9. The lowest BCUT2D eigenvalue weighted by Gasteiger charge is -2.09. The standard InChI is InChI=1S/C21H25N5O2/c1-15(2)12-13-28-18-10-8-17(9-11-18)16(3)22-24-21(27)14-26-20-7-5-4-6-19(20)23-25-26/h4-11,15H,12-14H2,1-3H3,(H,24,27)/b22-16-. The Morgan fingerprint density at radius 2 is 1.93 bits per heavy atom. The summed E-state index contributed by atoms with van der Waals surface area (Å²) in [6, 6.07) is 15.2. The minimum absolute atomic E-state index is 0.0555. The molecule has 0 aliphatic rings. The maximum atomic E-state index is 12.2. The topological polar surface area (TPSA) is 81.4 Å². The molecular weight excluding hydrogens is 354 g/mol. The first-order valence-electron chi connectivity index (χ1n) is 9.37. The van der Waals surface area contributed by atoms with Gasteiger partial charge in [0.05, 0.1) is 17.8 Å². The summed E-state index contributed by atoms with van der Waals surface area (Å²) in [6.07, 6.45) is 1.02. The van der Waals surface area contributed by atoms with Gasteiger partial charge in [0.15, 0.2) is 0 Å². The highest BCUT2D eigenvalue weighted by molar-refractivity contribution is 5.99. The number of benzene rings is 2. The molecule has 0 radical (unpaired) electrons. The predicted molar refractivity (Wildman–Crippen MR) is 109 cm³/mol. The third kappa shape index (κ3) is 5.16. The highest BCUT2D eigenvalue weighted by Gasteiger charge is 2.08. The van der Waals surface area contributed by atoms with Crippen molar-refractivity contribution < 1.29 is 9.53 Å². The van der Waals surface area contributed by atoms with Crippen molar-refractivity contribution in [3.8, 4) is 5.75 Å². The summed E-state index contributed by atoms with van der Waals surface area (Å²) in [6.45, 7) is 6.95. The number of hydrogen-bond acceptors (Lipinski definition) is 5. The molecule has 0 aliphatic heterocycles. The number of nitrogens with zero attached hydrogens (tertiary/aromatic N) is 4. The average Bonchev–Trinajstić information content (AvgIpc) is 3.09. The number of hydrazone groups is 1. The van der Waals surface area contributed by atoms with Gasteiger partial charge in [-0.3, -0.25) is 4.79 Å². The van der Waals surface area contributed by atoms with Gasteiger partial charge in [-0.25, -0.2) is 10.1 Å². The molecule has 0 spiro atoms. The Balaban J connectivity index is 1.55. The lowest BCUT2D eigenvalue weighted by molar-refractivity contribution is -0.121. The van der Waals surface area contributed by atoms with Gasteiger partial charge in [0.25, 0.3) is 5.91 Å². The Bertz CT molecular complexity index is 960. The van der Waals surface area contributed by atoms with E-state index in [1.165, 1.54) is 0 Å². The first kappa shape index (κ1) is 19.5. The van der Waals surface area contributed by atoms with E-state index >= 15 is 0 Å². The second-order valence-electron chi connectivity index (χ2n) is 7.02. The zero-order valence-electron chi connectivity index (χ0n) is 16.4. The average molecular weight is 379 g/mol. The van der Waals surface area contributed by atoms with E-state index in [4.69, 9.17) is 4.74 Å². The molecule has 2 aromatic carbocycles. The Morgan fingerprint density at radius 1 is 1.18 bits per heavy atom. The monoisotopic (exact) mass is 379 g/mol. The molecular formula is C21H25N5O2. The molecule has 0 fully saturated rings. The number of rotatable bonds is 8. The van der Waals surface area contributed by atoms with E-state index in [1.807, 2.05) is 55.5 Å². The molecule has 3 rings (SSSR count). The molecule has 0 saturated carbocycles. The smallest absolute Gasteiger partial charge is 0.261 e. The molecule has 3 aromatic rings. The number of carbonyl (C=O) groups excluding carboxylic acids is 1. The van der Waals surface area contributed by atoms with Crippen molar-refractivity contribution in [2.24, 2.45) is 11.0 Å². The summed E-state index contributed by atoms with van der Waals surface area (Å²) >= 11 is 0. The summed E-state index contributed by atoms with van der Waals surface area (Å²) in [5.74, 6) is 1.19. The molecule has 1 heterocycles. The molecule has 1 N–H and O–H groups in total. The van der Waals surface area contributed by atoms with E-state index in [9.17, 15) is 4.79 Å². The fourth-order valence-corrected chi connectivity index (χ4v) is 2.62. The van der Waals surface area contributed by atoms with Crippen molar-refractivity contribution >= 4 is 22.7 Å². The first-order valence-corrected chi connectivity index (χ1v) is 9.37. The van der Waals surface area contributed by atoms with Crippen LogP contribution in [0.25, 0.3) is 11.0 Å². The molecule has 1 aromatic heterocycles. The molecule has 28 heavy (non-hydrogen) atoms. The number of fused-ring (bicyclic) bond motifs is 1. The summed E-state index contributed by atoms with van der Waals surface area (Å²) in [5.41, 5.74) is 5.77. The van der Waals surface area contributed by atoms with E-state index in [0.29, 0.717) is 18.2 Å². The highest BCUT2D eigenvalue weighted by Crippen LogP contribution is 2.14. The van der Waals surface area contributed by atoms with Gasteiger partial charge in [-0.05, 0) is 61.2 Å². The van der Waals surface area contributed by atoms with Crippen molar-refractivity contribution in [3.05, 3.63) is 54.1 Å². The highest BCUT2D eigenvalue weighted by atomic mass is 16.5. The van der Waals surface area contributed by atoms with Gasteiger partial charge in [-0.15, -0.1) is 5.10 Å². The Labute approximate surface area is 164 Å². The number of aromatic nitrogens is 3. The molecule has 0 bridgehead atoms. The van der Waals surface area contributed by atoms with Crippen LogP contribution in [0.2, 0.25) is 0 Å². The Hall–Kier alpha value is -3.22. The van der Waals surface area contributed by atoms with E-state index in [2.05, 4.69) is 34.7 Å². The molecule has 7 heteroatoms. The van der Waals surface area contributed by atoms with E-state index < -0.39 is 0 Å². The number of nitrogens with one attached hydrogen (secondary N) is 1. The summed E-state index contributed by atoms with van der Waals surface area (Å²) in [7, 11) is 0. The van der Waals surface area contributed by atoms with Crippen LogP contribution in [0.5, 0.6) is 5.75 Å². The fourth-order valence-electron chi connectivity index (χ4n) is 2.62. The maximum Gasteiger partial charge on any atom is 0.261 e. The number of para-hydroxylation sites is 1. The van der Waals surface area contributed by atoms with Crippen molar-refractivity contribution in [2.45, 2.75) is 33.7 Å². The molecule has 0 aliphatic carbocycles. The van der Waals surface area contributed by atoms with Gasteiger partial charge in [0.1, 0.15) is 17.8 Å². The van der Waals surface area contributed by atoms with Crippen LogP contribution in [-0.2, 0) is 11.3 Å². The van der Waals surface area contributed by atoms with Crippen LogP contribution in [0.1, 0.15) is 32.8 Å². The molecule has 0 atom stereocenters. The van der Waals surface area contributed by atoms with Crippen LogP contribution in [0.3, 0.4) is 0 Å². The molecule has 146 valence electrons. The second-order valence-corrected chi connectivity index (χ2v) is 7.02. The molecule has 0 unspecified atom stereocenters. The van der Waals surface area contributed by atoms with Crippen molar-refractivity contribution in [1.29, 1.82) is 0 Å². The third-order valence-electron chi connectivity index (χ3n) is 4.30. The van der Waals surface area contributed by atoms with Crippen LogP contribution in [-0.4, -0.2) is 33.2 Å². The van der Waals surface area contributed by atoms with Gasteiger partial charge >= 0.3 is 0 Å². The zero-order valence-corrected chi connectivity index (χ0v) is 16.4. The van der Waals surface area contributed by atoms with Crippen LogP contribution in [0.4, 0.5) is 0 Å². The number of carbonyl (C=O) groups is 1. The van der Waals surface area contributed by atoms with Crippen molar-refractivity contribution in [2.75, 3.05) is 6.61 Å². The second kappa shape index (κ2) is 9.12. The lowest BCUT2D eigenvalue weighted by Crippen LogP contribution is -2.24. The third-order valence-corrected chi connectivity index (χ3v) is 4.30. The van der Waals surface area contributed by atoms with Crippen LogP contribution >= 0.6 is 0 Å². The summed E-state index contributed by atoms with van der Waals surface area (Å²) < 4.78 is 7.27. The van der Waals surface area contributed by atoms with Crippen molar-refractivity contribution in [1.82, 2.24) is 20.4 Å². The van der Waals surface area contributed by atoms with Gasteiger partial charge in [-0.1, -0.05) is 31.2 Å². The quantitative estimate of drug-likeness (QED) is 0.480. The predicted octanol–water partition coefficient (Wildman–Crippen LogP) is 3.40. The summed E-state index contributed by atoms with van der Waals surface area (Å²) in [5, 5.41) is 12.2. The number of hydrogen-bond donors (Lipinski definition) is 1. The van der Waals surface area contributed by atoms with Gasteiger partial charge in [0, 0.05) is 0 Å². The lowest BCUT2D eigenvalue weighted by atomic mass is 10.1. The van der Waals surface area contributed by atoms with E-state index in [-0.39, 0.29) is 12.5 Å². The van der Waals surface area contributed by atoms with Crippen LogP contribution < -0.4 is 10.2 Å².